The molecule has 0 saturated carbocycles. The van der Waals surface area contributed by atoms with E-state index in [-0.39, 0.29) is 11.2 Å². The zero-order valence-electron chi connectivity index (χ0n) is 15.1. The zero-order chi connectivity index (χ0) is 19.7. The van der Waals surface area contributed by atoms with Gasteiger partial charge in [0.25, 0.3) is 0 Å². The first kappa shape index (κ1) is 17.6. The van der Waals surface area contributed by atoms with E-state index in [1.807, 2.05) is 6.92 Å². The Labute approximate surface area is 159 Å². The summed E-state index contributed by atoms with van der Waals surface area (Å²) in [5, 5.41) is 1.16. The molecule has 0 spiro atoms. The summed E-state index contributed by atoms with van der Waals surface area (Å²) >= 11 is 0. The highest BCUT2D eigenvalue weighted by molar-refractivity contribution is 5.82. The molecule has 6 nitrogen and oxygen atoms in total. The molecule has 0 N–H and O–H groups in total. The Balaban J connectivity index is 1.70. The van der Waals surface area contributed by atoms with Gasteiger partial charge >= 0.3 is 5.63 Å². The highest BCUT2D eigenvalue weighted by Crippen LogP contribution is 2.27. The van der Waals surface area contributed by atoms with Crippen LogP contribution in [0.2, 0.25) is 0 Å². The standard InChI is InChI=1S/C22H16O6/c1-3-8-25-14-4-7-17-18(10-14)26-12-20(22(17)24)27-15-5-6-16-13(2)9-21(23)28-19(16)11-15/h3-7,9-12H,1,8H2,2H3. The van der Waals surface area contributed by atoms with Crippen molar-refractivity contribution in [2.75, 3.05) is 6.61 Å². The number of benzene rings is 2. The van der Waals surface area contributed by atoms with Crippen molar-refractivity contribution in [2.24, 2.45) is 0 Å². The van der Waals surface area contributed by atoms with Gasteiger partial charge in [-0.25, -0.2) is 4.79 Å². The predicted molar refractivity (Wildman–Crippen MR) is 105 cm³/mol. The Morgan fingerprint density at radius 2 is 1.75 bits per heavy atom. The summed E-state index contributed by atoms with van der Waals surface area (Å²) in [4.78, 5) is 24.3. The quantitative estimate of drug-likeness (QED) is 0.375. The van der Waals surface area contributed by atoms with Gasteiger partial charge in [-0.05, 0) is 36.8 Å². The molecule has 0 fully saturated rings. The van der Waals surface area contributed by atoms with Crippen LogP contribution in [0.25, 0.3) is 21.9 Å². The van der Waals surface area contributed by atoms with Crippen molar-refractivity contribution in [3.63, 3.8) is 0 Å². The summed E-state index contributed by atoms with van der Waals surface area (Å²) in [5.74, 6) is 0.963. The molecule has 0 aliphatic carbocycles. The maximum atomic E-state index is 12.7. The molecule has 0 aliphatic heterocycles. The maximum absolute atomic E-state index is 12.7. The molecule has 0 amide bonds. The van der Waals surface area contributed by atoms with E-state index in [0.29, 0.717) is 34.7 Å². The molecule has 2 aromatic heterocycles. The maximum Gasteiger partial charge on any atom is 0.336 e. The van der Waals surface area contributed by atoms with Crippen molar-refractivity contribution in [1.29, 1.82) is 0 Å². The predicted octanol–water partition coefficient (Wildman–Crippen LogP) is 4.56. The molecule has 0 bridgehead atoms. The van der Waals surface area contributed by atoms with Gasteiger partial charge in [0, 0.05) is 23.6 Å². The summed E-state index contributed by atoms with van der Waals surface area (Å²) in [6.45, 7) is 5.77. The van der Waals surface area contributed by atoms with Crippen molar-refractivity contribution in [1.82, 2.24) is 0 Å². The van der Waals surface area contributed by atoms with Crippen LogP contribution in [0, 0.1) is 6.92 Å². The molecule has 0 radical (unpaired) electrons. The third kappa shape index (κ3) is 3.27. The van der Waals surface area contributed by atoms with Crippen LogP contribution in [0.3, 0.4) is 0 Å². The summed E-state index contributed by atoms with van der Waals surface area (Å²) in [7, 11) is 0. The molecule has 4 aromatic rings. The van der Waals surface area contributed by atoms with Crippen LogP contribution < -0.4 is 20.5 Å². The molecular formula is C22H16O6. The van der Waals surface area contributed by atoms with Gasteiger partial charge in [0.2, 0.25) is 11.2 Å². The lowest BCUT2D eigenvalue weighted by atomic mass is 10.1. The normalized spacial score (nSPS) is 10.9. The van der Waals surface area contributed by atoms with Crippen molar-refractivity contribution in [3.05, 3.63) is 87.6 Å². The first-order valence-corrected chi connectivity index (χ1v) is 8.57. The minimum Gasteiger partial charge on any atom is -0.489 e. The lowest BCUT2D eigenvalue weighted by Crippen LogP contribution is -2.05. The van der Waals surface area contributed by atoms with Crippen LogP contribution in [0.15, 0.2) is 79.8 Å². The number of ether oxygens (including phenoxy) is 2. The molecule has 0 saturated heterocycles. The molecule has 140 valence electrons. The Bertz CT molecular complexity index is 1310. The van der Waals surface area contributed by atoms with Crippen LogP contribution in [0.1, 0.15) is 5.56 Å². The molecule has 0 unspecified atom stereocenters. The van der Waals surface area contributed by atoms with Crippen molar-refractivity contribution < 1.29 is 18.3 Å². The average molecular weight is 376 g/mol. The first-order chi connectivity index (χ1) is 13.5. The Morgan fingerprint density at radius 1 is 1.00 bits per heavy atom. The monoisotopic (exact) mass is 376 g/mol. The minimum absolute atomic E-state index is 0.0293. The number of rotatable bonds is 5. The van der Waals surface area contributed by atoms with Gasteiger partial charge < -0.3 is 18.3 Å². The molecular weight excluding hydrogens is 360 g/mol. The van der Waals surface area contributed by atoms with E-state index >= 15 is 0 Å². The molecule has 4 rings (SSSR count). The van der Waals surface area contributed by atoms with Gasteiger partial charge in [0.15, 0.2) is 0 Å². The molecule has 28 heavy (non-hydrogen) atoms. The molecule has 6 heteroatoms. The Kier molecular flexibility index (Phi) is 4.45. The van der Waals surface area contributed by atoms with Crippen LogP contribution >= 0.6 is 0 Å². The third-order valence-electron chi connectivity index (χ3n) is 4.23. The Hall–Kier alpha value is -3.80. The fourth-order valence-corrected chi connectivity index (χ4v) is 2.90. The summed E-state index contributed by atoms with van der Waals surface area (Å²) in [6.07, 6.45) is 2.88. The molecule has 0 aliphatic rings. The molecule has 2 heterocycles. The number of aryl methyl sites for hydroxylation is 1. The van der Waals surface area contributed by atoms with Gasteiger partial charge in [-0.1, -0.05) is 12.7 Å². The van der Waals surface area contributed by atoms with Gasteiger partial charge in [0.1, 0.15) is 35.5 Å². The van der Waals surface area contributed by atoms with Crippen LogP contribution in [-0.2, 0) is 0 Å². The second kappa shape index (κ2) is 7.08. The lowest BCUT2D eigenvalue weighted by molar-refractivity contribution is 0.363. The highest BCUT2D eigenvalue weighted by atomic mass is 16.5. The summed E-state index contributed by atoms with van der Waals surface area (Å²) < 4.78 is 21.9. The summed E-state index contributed by atoms with van der Waals surface area (Å²) in [6, 6.07) is 11.4. The largest absolute Gasteiger partial charge is 0.489 e. The van der Waals surface area contributed by atoms with Crippen LogP contribution in [0.4, 0.5) is 0 Å². The smallest absolute Gasteiger partial charge is 0.336 e. The van der Waals surface area contributed by atoms with E-state index in [9.17, 15) is 9.59 Å². The van der Waals surface area contributed by atoms with Crippen LogP contribution in [0.5, 0.6) is 17.2 Å². The van der Waals surface area contributed by atoms with Crippen LogP contribution in [-0.4, -0.2) is 6.61 Å². The fourth-order valence-electron chi connectivity index (χ4n) is 2.90. The van der Waals surface area contributed by atoms with Gasteiger partial charge in [0.05, 0.1) is 5.39 Å². The number of fused-ring (bicyclic) bond motifs is 2. The summed E-state index contributed by atoms with van der Waals surface area (Å²) in [5.41, 5.74) is 0.817. The average Bonchev–Trinajstić information content (AvgIpc) is 2.68. The van der Waals surface area contributed by atoms with Gasteiger partial charge in [-0.3, -0.25) is 4.79 Å². The molecule has 2 aromatic carbocycles. The molecule has 0 atom stereocenters. The second-order valence-corrected chi connectivity index (χ2v) is 6.20. The number of hydrogen-bond donors (Lipinski definition) is 0. The van der Waals surface area contributed by atoms with E-state index in [1.54, 1.807) is 42.5 Å². The lowest BCUT2D eigenvalue weighted by Gasteiger charge is -2.08. The van der Waals surface area contributed by atoms with Gasteiger partial charge in [-0.15, -0.1) is 0 Å². The van der Waals surface area contributed by atoms with E-state index in [4.69, 9.17) is 18.3 Å². The minimum atomic E-state index is -0.443. The number of hydrogen-bond acceptors (Lipinski definition) is 6. The SMILES string of the molecule is C=CCOc1ccc2c(=O)c(Oc3ccc4c(C)cc(=O)oc4c3)coc2c1. The highest BCUT2D eigenvalue weighted by Gasteiger charge is 2.11. The third-order valence-corrected chi connectivity index (χ3v) is 4.23. The second-order valence-electron chi connectivity index (χ2n) is 6.20. The van der Waals surface area contributed by atoms with Crippen molar-refractivity contribution >= 4 is 21.9 Å². The van der Waals surface area contributed by atoms with E-state index in [0.717, 1.165) is 10.9 Å². The van der Waals surface area contributed by atoms with Crippen molar-refractivity contribution in [2.45, 2.75) is 6.92 Å². The van der Waals surface area contributed by atoms with E-state index in [1.165, 1.54) is 12.3 Å². The van der Waals surface area contributed by atoms with E-state index < -0.39 is 5.63 Å². The Morgan fingerprint density at radius 3 is 2.57 bits per heavy atom. The first-order valence-electron chi connectivity index (χ1n) is 8.57. The fraction of sp³-hybridized carbons (Fsp3) is 0.0909. The zero-order valence-corrected chi connectivity index (χ0v) is 15.1. The van der Waals surface area contributed by atoms with E-state index in [2.05, 4.69) is 6.58 Å². The van der Waals surface area contributed by atoms with Crippen molar-refractivity contribution in [3.8, 4) is 17.2 Å². The topological polar surface area (TPSA) is 78.9 Å². The van der Waals surface area contributed by atoms with Gasteiger partial charge in [-0.2, -0.15) is 0 Å².